The molecule has 0 radical (unpaired) electrons. The van der Waals surface area contributed by atoms with Gasteiger partial charge in [-0.05, 0) is 49.7 Å². The van der Waals surface area contributed by atoms with E-state index in [0.29, 0.717) is 5.25 Å². The van der Waals surface area contributed by atoms with Crippen LogP contribution in [0.15, 0.2) is 47.2 Å². The summed E-state index contributed by atoms with van der Waals surface area (Å²) in [4.78, 5) is 0. The number of thiol groups is 1. The molecule has 0 aromatic carbocycles. The Bertz CT molecular complexity index is 427. The molecule has 120 valence electrons. The van der Waals surface area contributed by atoms with Crippen LogP contribution < -0.4 is 5.73 Å². The molecule has 0 rings (SSSR count). The minimum atomic E-state index is 0.0862. The molecular weight excluding hydrogens is 274 g/mol. The Kier molecular flexibility index (Phi) is 8.80. The lowest BCUT2D eigenvalue weighted by Crippen LogP contribution is -2.15. The van der Waals surface area contributed by atoms with E-state index >= 15 is 0 Å². The molecule has 0 aliphatic heterocycles. The van der Waals surface area contributed by atoms with E-state index in [0.717, 1.165) is 25.0 Å². The van der Waals surface area contributed by atoms with Crippen LogP contribution in [0.3, 0.4) is 0 Å². The first kappa shape index (κ1) is 20.1. The van der Waals surface area contributed by atoms with Gasteiger partial charge in [0, 0.05) is 10.9 Å². The van der Waals surface area contributed by atoms with Gasteiger partial charge in [-0.3, -0.25) is 0 Å². The summed E-state index contributed by atoms with van der Waals surface area (Å²) in [6.45, 7) is 16.8. The van der Waals surface area contributed by atoms with Crippen LogP contribution in [0, 0.1) is 5.41 Å². The first-order chi connectivity index (χ1) is 9.63. The highest BCUT2D eigenvalue weighted by atomic mass is 32.1. The highest BCUT2D eigenvalue weighted by molar-refractivity contribution is 7.80. The lowest BCUT2D eigenvalue weighted by Gasteiger charge is -2.27. The molecule has 0 saturated carbocycles. The molecule has 1 unspecified atom stereocenters. The normalized spacial score (nSPS) is 16.5. The molecule has 2 heteroatoms. The van der Waals surface area contributed by atoms with Crippen molar-refractivity contribution in [3.05, 3.63) is 47.2 Å². The maximum absolute atomic E-state index is 6.18. The molecule has 0 heterocycles. The standard InChI is InChI=1S/C19H33NS/c1-8-16(9-2)11-12-17(15(4)20)18(19(5,6)7)13-10-14(3)21/h8-9,13-14,21H,1,10-12,20H2,2-7H3/b16-9+,17-15+,18-13-. The van der Waals surface area contributed by atoms with Gasteiger partial charge in [-0.1, -0.05) is 58.1 Å². The average Bonchev–Trinajstić information content (AvgIpc) is 2.35. The quantitative estimate of drug-likeness (QED) is 0.450. The molecule has 0 aliphatic carbocycles. The number of rotatable bonds is 7. The fourth-order valence-corrected chi connectivity index (χ4v) is 2.45. The Labute approximate surface area is 137 Å². The molecule has 0 fully saturated rings. The average molecular weight is 308 g/mol. The van der Waals surface area contributed by atoms with E-state index in [9.17, 15) is 0 Å². The van der Waals surface area contributed by atoms with Crippen LogP contribution >= 0.6 is 12.6 Å². The van der Waals surface area contributed by atoms with Crippen molar-refractivity contribution in [1.29, 1.82) is 0 Å². The minimum Gasteiger partial charge on any atom is -0.402 e. The van der Waals surface area contributed by atoms with Crippen LogP contribution in [-0.4, -0.2) is 5.25 Å². The van der Waals surface area contributed by atoms with Crippen LogP contribution in [0.5, 0.6) is 0 Å². The number of hydrogen-bond acceptors (Lipinski definition) is 2. The highest BCUT2D eigenvalue weighted by Crippen LogP contribution is 2.35. The molecule has 0 aromatic rings. The van der Waals surface area contributed by atoms with E-state index in [4.69, 9.17) is 5.73 Å². The summed E-state index contributed by atoms with van der Waals surface area (Å²) in [5.41, 5.74) is 11.1. The first-order valence-electron chi connectivity index (χ1n) is 7.75. The van der Waals surface area contributed by atoms with Gasteiger partial charge in [-0.15, -0.1) is 0 Å². The van der Waals surface area contributed by atoms with E-state index in [2.05, 4.69) is 66.0 Å². The van der Waals surface area contributed by atoms with Gasteiger partial charge in [0.1, 0.15) is 0 Å². The van der Waals surface area contributed by atoms with Gasteiger partial charge in [-0.25, -0.2) is 0 Å². The molecule has 0 bridgehead atoms. The predicted molar refractivity (Wildman–Crippen MR) is 101 cm³/mol. The van der Waals surface area contributed by atoms with Crippen molar-refractivity contribution in [3.8, 4) is 0 Å². The Balaban J connectivity index is 5.43. The van der Waals surface area contributed by atoms with Gasteiger partial charge in [0.25, 0.3) is 0 Å². The second kappa shape index (κ2) is 9.19. The summed E-state index contributed by atoms with van der Waals surface area (Å²) in [5, 5.41) is 0.362. The minimum absolute atomic E-state index is 0.0862. The van der Waals surface area contributed by atoms with Gasteiger partial charge in [-0.2, -0.15) is 12.6 Å². The van der Waals surface area contributed by atoms with E-state index < -0.39 is 0 Å². The lowest BCUT2D eigenvalue weighted by atomic mass is 9.78. The molecule has 2 N–H and O–H groups in total. The molecule has 0 spiro atoms. The Morgan fingerprint density at radius 1 is 1.29 bits per heavy atom. The van der Waals surface area contributed by atoms with Crippen LogP contribution in [0.25, 0.3) is 0 Å². The topological polar surface area (TPSA) is 26.0 Å². The lowest BCUT2D eigenvalue weighted by molar-refractivity contribution is 0.502. The predicted octanol–water partition coefficient (Wildman–Crippen LogP) is 5.81. The smallest absolute Gasteiger partial charge is 0.00844 e. The molecule has 0 aliphatic rings. The summed E-state index contributed by atoms with van der Waals surface area (Å²) in [5.74, 6) is 0. The third kappa shape index (κ3) is 7.61. The zero-order valence-electron chi connectivity index (χ0n) is 14.7. The van der Waals surface area contributed by atoms with Gasteiger partial charge in [0.2, 0.25) is 0 Å². The second-order valence-electron chi connectivity index (χ2n) is 6.68. The number of nitrogens with two attached hydrogens (primary N) is 1. The second-order valence-corrected chi connectivity index (χ2v) is 7.56. The molecular formula is C19H33NS. The SMILES string of the molecule is C=C/C(=C\C)CCC(/C(=C/CC(C)S)C(C)(C)C)=C(/C)N. The van der Waals surface area contributed by atoms with Crippen molar-refractivity contribution in [1.82, 2.24) is 0 Å². The molecule has 1 atom stereocenters. The molecule has 0 amide bonds. The van der Waals surface area contributed by atoms with Crippen LogP contribution in [0.1, 0.15) is 60.8 Å². The van der Waals surface area contributed by atoms with Gasteiger partial charge >= 0.3 is 0 Å². The van der Waals surface area contributed by atoms with Crippen molar-refractivity contribution in [3.63, 3.8) is 0 Å². The number of hydrogen-bond donors (Lipinski definition) is 2. The summed E-state index contributed by atoms with van der Waals surface area (Å²) in [6, 6.07) is 0. The fraction of sp³-hybridized carbons (Fsp3) is 0.579. The van der Waals surface area contributed by atoms with Crippen molar-refractivity contribution in [2.45, 2.75) is 66.1 Å². The van der Waals surface area contributed by atoms with E-state index in [1.165, 1.54) is 16.7 Å². The molecule has 0 aromatic heterocycles. The van der Waals surface area contributed by atoms with Gasteiger partial charge in [0.05, 0.1) is 0 Å². The van der Waals surface area contributed by atoms with Gasteiger partial charge < -0.3 is 5.73 Å². The summed E-state index contributed by atoms with van der Waals surface area (Å²) in [6.07, 6.45) is 9.26. The van der Waals surface area contributed by atoms with Crippen molar-refractivity contribution >= 4 is 12.6 Å². The molecule has 1 nitrogen and oxygen atoms in total. The van der Waals surface area contributed by atoms with Crippen LogP contribution in [0.2, 0.25) is 0 Å². The summed E-state index contributed by atoms with van der Waals surface area (Å²) in [7, 11) is 0. The third-order valence-electron chi connectivity index (χ3n) is 3.57. The summed E-state index contributed by atoms with van der Waals surface area (Å²) >= 11 is 4.49. The van der Waals surface area contributed by atoms with Crippen LogP contribution in [0.4, 0.5) is 0 Å². The molecule has 0 saturated heterocycles. The maximum Gasteiger partial charge on any atom is 0.00844 e. The van der Waals surface area contributed by atoms with Crippen LogP contribution in [-0.2, 0) is 0 Å². The van der Waals surface area contributed by atoms with Crippen molar-refractivity contribution < 1.29 is 0 Å². The largest absolute Gasteiger partial charge is 0.402 e. The monoisotopic (exact) mass is 307 g/mol. The van der Waals surface area contributed by atoms with Gasteiger partial charge in [0.15, 0.2) is 0 Å². The van der Waals surface area contributed by atoms with E-state index in [1.807, 2.05) is 13.0 Å². The number of allylic oxidation sites excluding steroid dienone is 7. The molecule has 21 heavy (non-hydrogen) atoms. The Morgan fingerprint density at radius 2 is 1.86 bits per heavy atom. The Morgan fingerprint density at radius 3 is 2.19 bits per heavy atom. The fourth-order valence-electron chi connectivity index (χ4n) is 2.35. The van der Waals surface area contributed by atoms with Crippen molar-refractivity contribution in [2.75, 3.05) is 0 Å². The van der Waals surface area contributed by atoms with Crippen molar-refractivity contribution in [2.24, 2.45) is 11.1 Å². The zero-order chi connectivity index (χ0) is 16.6. The van der Waals surface area contributed by atoms with E-state index in [1.54, 1.807) is 0 Å². The first-order valence-corrected chi connectivity index (χ1v) is 8.27. The maximum atomic E-state index is 6.18. The third-order valence-corrected chi connectivity index (χ3v) is 3.78. The highest BCUT2D eigenvalue weighted by Gasteiger charge is 2.21. The Hall–Kier alpha value is -0.890. The zero-order valence-corrected chi connectivity index (χ0v) is 15.6. The summed E-state index contributed by atoms with van der Waals surface area (Å²) < 4.78 is 0. The van der Waals surface area contributed by atoms with E-state index in [-0.39, 0.29) is 5.41 Å².